The minimum Gasteiger partial charge on any atom is -0.497 e. The van der Waals surface area contributed by atoms with E-state index in [0.717, 1.165) is 21.0 Å². The summed E-state index contributed by atoms with van der Waals surface area (Å²) in [6.07, 6.45) is 0.225. The van der Waals surface area contributed by atoms with Crippen LogP contribution in [0.5, 0.6) is 11.5 Å². The van der Waals surface area contributed by atoms with Crippen LogP contribution in [-0.4, -0.2) is 58.0 Å². The highest BCUT2D eigenvalue weighted by atomic mass is 32.2. The first-order valence-corrected chi connectivity index (χ1v) is 16.7. The van der Waals surface area contributed by atoms with E-state index in [9.17, 15) is 18.0 Å². The summed E-state index contributed by atoms with van der Waals surface area (Å²) in [5.74, 6) is 0.0105. The quantitative estimate of drug-likeness (QED) is 0.187. The van der Waals surface area contributed by atoms with E-state index in [1.54, 1.807) is 62.6 Å². The molecule has 10 heteroatoms. The third kappa shape index (κ3) is 8.45. The van der Waals surface area contributed by atoms with Gasteiger partial charge in [0.15, 0.2) is 0 Å². The second-order valence-electron chi connectivity index (χ2n) is 10.7. The second-order valence-corrected chi connectivity index (χ2v) is 12.6. The standard InChI is InChI=1S/C36H41N3O6S/c1-5-37-36(41)33(24-28-13-8-7-9-14-28)38(25-29-15-12-16-30(23-29)44-4)35(40)26-39(32-17-10-11-18-34(32)45-6-2)46(42,43)31-21-19-27(3)20-22-31/h7-23,33H,5-6,24-26H2,1-4H3,(H,37,41)/t33-/m1/s1. The van der Waals surface area contributed by atoms with Gasteiger partial charge < -0.3 is 19.7 Å². The van der Waals surface area contributed by atoms with Gasteiger partial charge in [-0.2, -0.15) is 0 Å². The van der Waals surface area contributed by atoms with Crippen molar-refractivity contribution in [2.75, 3.05) is 31.1 Å². The van der Waals surface area contributed by atoms with Crippen LogP contribution in [0, 0.1) is 6.92 Å². The summed E-state index contributed by atoms with van der Waals surface area (Å²) in [4.78, 5) is 29.7. The smallest absolute Gasteiger partial charge is 0.264 e. The number of sulfonamides is 1. The zero-order valence-electron chi connectivity index (χ0n) is 26.7. The Morgan fingerprint density at radius 2 is 1.52 bits per heavy atom. The van der Waals surface area contributed by atoms with Crippen molar-refractivity contribution in [3.63, 3.8) is 0 Å². The first-order chi connectivity index (χ1) is 22.2. The molecule has 46 heavy (non-hydrogen) atoms. The van der Waals surface area contributed by atoms with Gasteiger partial charge >= 0.3 is 0 Å². The molecule has 0 unspecified atom stereocenters. The van der Waals surface area contributed by atoms with Crippen LogP contribution in [0.2, 0.25) is 0 Å². The van der Waals surface area contributed by atoms with Crippen molar-refractivity contribution < 1.29 is 27.5 Å². The monoisotopic (exact) mass is 643 g/mol. The molecule has 0 spiro atoms. The van der Waals surface area contributed by atoms with Gasteiger partial charge in [-0.05, 0) is 68.3 Å². The largest absolute Gasteiger partial charge is 0.497 e. The van der Waals surface area contributed by atoms with Crippen molar-refractivity contribution in [2.24, 2.45) is 0 Å². The number of aryl methyl sites for hydroxylation is 1. The topological polar surface area (TPSA) is 105 Å². The Balaban J connectivity index is 1.84. The molecular weight excluding hydrogens is 602 g/mol. The van der Waals surface area contributed by atoms with Gasteiger partial charge in [-0.15, -0.1) is 0 Å². The number of carbonyl (C=O) groups is 2. The summed E-state index contributed by atoms with van der Waals surface area (Å²) in [6.45, 7) is 5.60. The highest BCUT2D eigenvalue weighted by Crippen LogP contribution is 2.33. The lowest BCUT2D eigenvalue weighted by molar-refractivity contribution is -0.140. The number of anilines is 1. The van der Waals surface area contributed by atoms with Gasteiger partial charge in [0.25, 0.3) is 10.0 Å². The maximum Gasteiger partial charge on any atom is 0.264 e. The third-order valence-corrected chi connectivity index (χ3v) is 9.20. The molecule has 4 aromatic rings. The summed E-state index contributed by atoms with van der Waals surface area (Å²) in [5.41, 5.74) is 2.69. The molecule has 4 aromatic carbocycles. The summed E-state index contributed by atoms with van der Waals surface area (Å²) in [5, 5.41) is 2.87. The van der Waals surface area contributed by atoms with Crippen LogP contribution >= 0.6 is 0 Å². The average molecular weight is 644 g/mol. The lowest BCUT2D eigenvalue weighted by Crippen LogP contribution is -2.53. The molecule has 1 N–H and O–H groups in total. The molecule has 1 atom stereocenters. The summed E-state index contributed by atoms with van der Waals surface area (Å²) < 4.78 is 40.9. The van der Waals surface area contributed by atoms with Gasteiger partial charge in [-0.25, -0.2) is 8.42 Å². The number of likely N-dealkylation sites (N-methyl/N-ethyl adjacent to an activating group) is 1. The predicted molar refractivity (Wildman–Crippen MR) is 179 cm³/mol. The number of nitrogens with one attached hydrogen (secondary N) is 1. The Hall–Kier alpha value is -4.83. The number of amides is 2. The molecule has 4 rings (SSSR count). The molecule has 0 aromatic heterocycles. The number of hydrogen-bond acceptors (Lipinski definition) is 6. The Kier molecular flexibility index (Phi) is 11.8. The number of ether oxygens (including phenoxy) is 2. The molecule has 0 aliphatic rings. The van der Waals surface area contributed by atoms with E-state index in [-0.39, 0.29) is 29.5 Å². The Morgan fingerprint density at radius 3 is 2.20 bits per heavy atom. The molecular formula is C36H41N3O6S. The van der Waals surface area contributed by atoms with Gasteiger partial charge in [0.05, 0.1) is 24.3 Å². The van der Waals surface area contributed by atoms with Crippen LogP contribution in [0.25, 0.3) is 0 Å². The molecule has 0 saturated carbocycles. The first kappa shape index (κ1) is 34.1. The Bertz CT molecular complexity index is 1710. The first-order valence-electron chi connectivity index (χ1n) is 15.2. The number of nitrogens with zero attached hydrogens (tertiary/aromatic N) is 2. The van der Waals surface area contributed by atoms with E-state index in [1.165, 1.54) is 17.0 Å². The summed E-state index contributed by atoms with van der Waals surface area (Å²) >= 11 is 0. The number of methoxy groups -OCH3 is 1. The minimum absolute atomic E-state index is 0.0288. The van der Waals surface area contributed by atoms with E-state index in [1.807, 2.05) is 56.3 Å². The van der Waals surface area contributed by atoms with E-state index in [2.05, 4.69) is 5.32 Å². The zero-order valence-corrected chi connectivity index (χ0v) is 27.5. The predicted octanol–water partition coefficient (Wildman–Crippen LogP) is 5.37. The lowest BCUT2D eigenvalue weighted by atomic mass is 10.0. The molecule has 0 bridgehead atoms. The maximum absolute atomic E-state index is 14.6. The molecule has 2 amide bonds. The number of rotatable bonds is 15. The number of hydrogen-bond donors (Lipinski definition) is 1. The van der Waals surface area contributed by atoms with Crippen LogP contribution in [0.3, 0.4) is 0 Å². The van der Waals surface area contributed by atoms with Crippen LogP contribution in [0.1, 0.15) is 30.5 Å². The lowest BCUT2D eigenvalue weighted by Gasteiger charge is -2.34. The highest BCUT2D eigenvalue weighted by Gasteiger charge is 2.35. The Labute approximate surface area is 271 Å². The van der Waals surface area contributed by atoms with Crippen LogP contribution < -0.4 is 19.1 Å². The molecule has 0 saturated heterocycles. The summed E-state index contributed by atoms with van der Waals surface area (Å²) in [6, 6.07) is 28.9. The fraction of sp³-hybridized carbons (Fsp3) is 0.278. The van der Waals surface area contributed by atoms with E-state index < -0.39 is 28.5 Å². The van der Waals surface area contributed by atoms with Gasteiger partial charge in [-0.3, -0.25) is 13.9 Å². The maximum atomic E-state index is 14.6. The number of benzene rings is 4. The number of para-hydroxylation sites is 2. The summed E-state index contributed by atoms with van der Waals surface area (Å²) in [7, 11) is -2.70. The van der Waals surface area contributed by atoms with Crippen molar-refractivity contribution in [1.82, 2.24) is 10.2 Å². The van der Waals surface area contributed by atoms with Crippen molar-refractivity contribution in [1.29, 1.82) is 0 Å². The van der Waals surface area contributed by atoms with Crippen molar-refractivity contribution in [3.8, 4) is 11.5 Å². The van der Waals surface area contributed by atoms with Gasteiger partial charge in [0, 0.05) is 19.5 Å². The third-order valence-electron chi connectivity index (χ3n) is 7.43. The van der Waals surface area contributed by atoms with Gasteiger partial charge in [0.2, 0.25) is 11.8 Å². The van der Waals surface area contributed by atoms with E-state index in [4.69, 9.17) is 9.47 Å². The Morgan fingerprint density at radius 1 is 0.848 bits per heavy atom. The van der Waals surface area contributed by atoms with Crippen molar-refractivity contribution in [3.05, 3.63) is 120 Å². The normalized spacial score (nSPS) is 11.7. The molecule has 242 valence electrons. The average Bonchev–Trinajstić information content (AvgIpc) is 3.06. The van der Waals surface area contributed by atoms with Crippen molar-refractivity contribution >= 4 is 27.5 Å². The molecule has 0 fully saturated rings. The van der Waals surface area contributed by atoms with Gasteiger partial charge in [0.1, 0.15) is 24.1 Å². The minimum atomic E-state index is -4.25. The van der Waals surface area contributed by atoms with Crippen LogP contribution in [-0.2, 0) is 32.6 Å². The van der Waals surface area contributed by atoms with E-state index in [0.29, 0.717) is 24.7 Å². The molecule has 0 radical (unpaired) electrons. The van der Waals surface area contributed by atoms with E-state index >= 15 is 0 Å². The SMILES string of the molecule is CCNC(=O)[C@@H](Cc1ccccc1)N(Cc1cccc(OC)c1)C(=O)CN(c1ccccc1OCC)S(=O)(=O)c1ccc(C)cc1. The molecule has 0 heterocycles. The molecule has 0 aliphatic heterocycles. The fourth-order valence-corrected chi connectivity index (χ4v) is 6.53. The van der Waals surface area contributed by atoms with Crippen LogP contribution in [0.4, 0.5) is 5.69 Å². The number of carbonyl (C=O) groups excluding carboxylic acids is 2. The fourth-order valence-electron chi connectivity index (χ4n) is 5.11. The highest BCUT2D eigenvalue weighted by molar-refractivity contribution is 7.92. The molecule has 0 aliphatic carbocycles. The van der Waals surface area contributed by atoms with Crippen LogP contribution in [0.15, 0.2) is 108 Å². The van der Waals surface area contributed by atoms with Crippen molar-refractivity contribution in [2.45, 2.75) is 44.7 Å². The second kappa shape index (κ2) is 15.9. The molecule has 9 nitrogen and oxygen atoms in total. The van der Waals surface area contributed by atoms with Gasteiger partial charge in [-0.1, -0.05) is 72.3 Å². The zero-order chi connectivity index (χ0) is 33.1.